The lowest BCUT2D eigenvalue weighted by Crippen LogP contribution is -2.26. The van der Waals surface area contributed by atoms with Gasteiger partial charge in [0.25, 0.3) is 0 Å². The molecule has 96 heavy (non-hydrogen) atoms. The number of hydrogen-bond acceptors (Lipinski definition) is 3. The summed E-state index contributed by atoms with van der Waals surface area (Å²) in [6, 6.07) is 119. The van der Waals surface area contributed by atoms with Crippen molar-refractivity contribution in [3.05, 3.63) is 351 Å². The second kappa shape index (κ2) is 20.4. The molecular weight excluding hydrogens is 1170 g/mol. The standard InChI is InChI=1S/C90H58N6/c1-7-27-57(28-8-1)81-85-69-43-23-41-67-84-78(92(60-33-13-4-14-34-60)64-52-54-76-72(56-64)66-40-20-22-46-74(66)94(76)62-37-17-6-18-38-62)48-26-50-80(84)96(87(67)69)90(85)82(58-29-9-2-10-30-58)86-70-44-24-42-68-83-77(47-25-49-79(83)95(88(68)70)89(81)86)91(59-31-11-3-12-32-59)63-51-53-75-71(55-63)65-39-19-21-45-73(65)93(75)61-35-15-5-16-36-61/h1-56,69,87H. The highest BCUT2D eigenvalue weighted by atomic mass is 15.2. The van der Waals surface area contributed by atoms with Gasteiger partial charge in [-0.05, 0) is 144 Å². The summed E-state index contributed by atoms with van der Waals surface area (Å²) in [7, 11) is 0. The number of anilines is 8. The Morgan fingerprint density at radius 2 is 0.771 bits per heavy atom. The van der Waals surface area contributed by atoms with E-state index in [1.165, 1.54) is 132 Å². The van der Waals surface area contributed by atoms with Crippen molar-refractivity contribution in [2.45, 2.75) is 12.0 Å². The first kappa shape index (κ1) is 52.9. The fraction of sp³-hybridized carbons (Fsp3) is 0.0222. The predicted octanol–water partition coefficient (Wildman–Crippen LogP) is 23.9. The first-order valence-electron chi connectivity index (χ1n) is 33.3. The maximum absolute atomic E-state index is 2.76. The first-order valence-corrected chi connectivity index (χ1v) is 33.3. The summed E-state index contributed by atoms with van der Waals surface area (Å²) < 4.78 is 7.47. The summed E-state index contributed by atoms with van der Waals surface area (Å²) in [6.07, 6.45) is 7.29. The Balaban J connectivity index is 0.819. The molecule has 0 amide bonds. The number of fused-ring (bicyclic) bond motifs is 18. The summed E-state index contributed by atoms with van der Waals surface area (Å²) in [5, 5.41) is 9.79. The van der Waals surface area contributed by atoms with Gasteiger partial charge in [0.05, 0.1) is 67.4 Å². The van der Waals surface area contributed by atoms with Crippen LogP contribution in [0.25, 0.3) is 121 Å². The summed E-state index contributed by atoms with van der Waals surface area (Å²) in [5.74, 6) is 0.00164. The molecule has 6 heteroatoms. The lowest BCUT2D eigenvalue weighted by Gasteiger charge is -2.29. The van der Waals surface area contributed by atoms with Crippen molar-refractivity contribution in [2.75, 3.05) is 14.7 Å². The second-order valence-electron chi connectivity index (χ2n) is 25.8. The maximum atomic E-state index is 2.76. The van der Waals surface area contributed by atoms with Crippen LogP contribution in [0.15, 0.2) is 340 Å². The lowest BCUT2D eigenvalue weighted by atomic mass is 9.79. The fourth-order valence-corrected chi connectivity index (χ4v) is 17.3. The van der Waals surface area contributed by atoms with Crippen molar-refractivity contribution < 1.29 is 0 Å². The van der Waals surface area contributed by atoms with Gasteiger partial charge in [-0.15, -0.1) is 0 Å². The molecule has 2 aliphatic heterocycles. The molecule has 2 unspecified atom stereocenters. The zero-order valence-corrected chi connectivity index (χ0v) is 52.2. The van der Waals surface area contributed by atoms with E-state index in [4.69, 9.17) is 0 Å². The number of para-hydroxylation sites is 7. The molecule has 0 bridgehead atoms. The van der Waals surface area contributed by atoms with Crippen LogP contribution in [-0.2, 0) is 0 Å². The van der Waals surface area contributed by atoms with Crippen LogP contribution >= 0.6 is 0 Å². The van der Waals surface area contributed by atoms with Crippen molar-refractivity contribution in [1.82, 2.24) is 13.5 Å². The molecule has 0 saturated heterocycles. The van der Waals surface area contributed by atoms with E-state index in [-0.39, 0.29) is 12.0 Å². The van der Waals surface area contributed by atoms with E-state index in [1.807, 2.05) is 0 Å². The number of benzene rings is 14. The number of nitrogens with zero attached hydrogens (tertiary/aromatic N) is 6. The molecule has 0 radical (unpaired) electrons. The van der Waals surface area contributed by atoms with Crippen LogP contribution in [0.4, 0.5) is 45.5 Å². The maximum Gasteiger partial charge on any atom is 0.0703 e. The number of aromatic nitrogens is 3. The van der Waals surface area contributed by atoms with Crippen molar-refractivity contribution in [3.8, 4) is 33.6 Å². The van der Waals surface area contributed by atoms with Gasteiger partial charge in [0.1, 0.15) is 0 Å². The van der Waals surface area contributed by atoms with Crippen LogP contribution in [0.5, 0.6) is 0 Å². The van der Waals surface area contributed by atoms with Gasteiger partial charge in [-0.3, -0.25) is 0 Å². The number of hydrogen-bond donors (Lipinski definition) is 0. The Hall–Kier alpha value is -12.6. The minimum atomic E-state index is -0.0145. The SMILES string of the molecule is C1=CC2c3c(c(-c4ccccc4)c4c5cccc6c7c(N(c8ccccc8)c8ccc9c(c8)c8ccccc8n9-c8ccccc8)cccc7n(c4c3-c3ccccc3)c65)N3c4cccc(N(c5ccccc5)c5ccc6c(c5)c5ccccc5n6-c5ccccc5)c4C(=C1)C23. The van der Waals surface area contributed by atoms with Gasteiger partial charge in [-0.25, -0.2) is 0 Å². The van der Waals surface area contributed by atoms with E-state index >= 15 is 0 Å². The third-order valence-corrected chi connectivity index (χ3v) is 20.9. The largest absolute Gasteiger partial charge is 0.332 e. The summed E-state index contributed by atoms with van der Waals surface area (Å²) in [6.45, 7) is 0. The highest BCUT2D eigenvalue weighted by Gasteiger charge is 2.51. The quantitative estimate of drug-likeness (QED) is 0.136. The molecule has 18 aromatic rings. The van der Waals surface area contributed by atoms with E-state index in [9.17, 15) is 0 Å². The van der Waals surface area contributed by atoms with Crippen LogP contribution in [0.2, 0.25) is 0 Å². The molecule has 21 rings (SSSR count). The number of rotatable bonds is 10. The molecule has 14 aromatic carbocycles. The summed E-state index contributed by atoms with van der Waals surface area (Å²) in [4.78, 5) is 7.77. The third kappa shape index (κ3) is 7.35. The minimum absolute atomic E-state index is 0.00164. The molecule has 0 fully saturated rings. The molecule has 4 aromatic heterocycles. The Bertz CT molecular complexity index is 6260. The molecule has 0 spiro atoms. The fourth-order valence-electron chi connectivity index (χ4n) is 17.3. The summed E-state index contributed by atoms with van der Waals surface area (Å²) >= 11 is 0. The minimum Gasteiger partial charge on any atom is -0.332 e. The van der Waals surface area contributed by atoms with Gasteiger partial charge in [0.2, 0.25) is 0 Å². The second-order valence-corrected chi connectivity index (χ2v) is 25.8. The molecular formula is C90H58N6. The normalized spacial score (nSPS) is 14.7. The predicted molar refractivity (Wildman–Crippen MR) is 402 cm³/mol. The molecule has 1 aliphatic carbocycles. The van der Waals surface area contributed by atoms with Gasteiger partial charge in [-0.2, -0.15) is 0 Å². The molecule has 448 valence electrons. The Labute approximate surface area is 554 Å². The van der Waals surface area contributed by atoms with Crippen LogP contribution in [0.1, 0.15) is 17.0 Å². The van der Waals surface area contributed by atoms with Crippen molar-refractivity contribution in [3.63, 3.8) is 0 Å². The van der Waals surface area contributed by atoms with Crippen LogP contribution < -0.4 is 14.7 Å². The van der Waals surface area contributed by atoms with E-state index < -0.39 is 0 Å². The van der Waals surface area contributed by atoms with E-state index in [2.05, 4.69) is 368 Å². The van der Waals surface area contributed by atoms with Gasteiger partial charge < -0.3 is 28.2 Å². The highest BCUT2D eigenvalue weighted by Crippen LogP contribution is 2.66. The van der Waals surface area contributed by atoms with Gasteiger partial charge in [0.15, 0.2) is 0 Å². The van der Waals surface area contributed by atoms with Crippen molar-refractivity contribution in [2.24, 2.45) is 0 Å². The number of allylic oxidation sites excluding steroid dienone is 2. The van der Waals surface area contributed by atoms with Crippen molar-refractivity contribution in [1.29, 1.82) is 0 Å². The average molecular weight is 1220 g/mol. The zero-order chi connectivity index (χ0) is 62.7. The smallest absolute Gasteiger partial charge is 0.0703 e. The Kier molecular flexibility index (Phi) is 11.3. The van der Waals surface area contributed by atoms with E-state index in [0.29, 0.717) is 0 Å². The van der Waals surface area contributed by atoms with Gasteiger partial charge >= 0.3 is 0 Å². The Morgan fingerprint density at radius 1 is 0.312 bits per heavy atom. The van der Waals surface area contributed by atoms with Gasteiger partial charge in [0, 0.05) is 99.8 Å². The molecule has 6 heterocycles. The molecule has 6 nitrogen and oxygen atoms in total. The zero-order valence-electron chi connectivity index (χ0n) is 52.2. The van der Waals surface area contributed by atoms with Crippen LogP contribution in [-0.4, -0.2) is 19.6 Å². The monoisotopic (exact) mass is 1220 g/mol. The topological polar surface area (TPSA) is 24.0 Å². The van der Waals surface area contributed by atoms with Gasteiger partial charge in [-0.1, -0.05) is 218 Å². The van der Waals surface area contributed by atoms with Crippen LogP contribution in [0.3, 0.4) is 0 Å². The molecule has 0 saturated carbocycles. The third-order valence-electron chi connectivity index (χ3n) is 20.9. The molecule has 3 aliphatic rings. The van der Waals surface area contributed by atoms with Crippen molar-refractivity contribution >= 4 is 133 Å². The first-order chi connectivity index (χ1) is 47.7. The molecule has 0 N–H and O–H groups in total. The van der Waals surface area contributed by atoms with E-state index in [0.717, 1.165) is 45.5 Å². The van der Waals surface area contributed by atoms with Crippen LogP contribution in [0, 0.1) is 0 Å². The Morgan fingerprint density at radius 3 is 1.36 bits per heavy atom. The average Bonchev–Trinajstić information content (AvgIpc) is 1.50. The van der Waals surface area contributed by atoms with E-state index in [1.54, 1.807) is 0 Å². The summed E-state index contributed by atoms with van der Waals surface area (Å²) in [5.41, 5.74) is 28.7. The lowest BCUT2D eigenvalue weighted by molar-refractivity contribution is 0.782. The highest BCUT2D eigenvalue weighted by molar-refractivity contribution is 6.32. The molecule has 2 atom stereocenters.